The minimum Gasteiger partial charge on any atom is -0.421 e. The molecule has 0 bridgehead atoms. The van der Waals surface area contributed by atoms with E-state index in [1.54, 1.807) is 21.3 Å². The molecular formula is C17H34F6N2O7S2Si. The summed E-state index contributed by atoms with van der Waals surface area (Å²) in [6, 6.07) is 0.925. The third-order valence-corrected chi connectivity index (χ3v) is 10.9. The van der Waals surface area contributed by atoms with Crippen LogP contribution in [-0.2, 0) is 33.3 Å². The van der Waals surface area contributed by atoms with E-state index in [2.05, 4.69) is 13.8 Å². The van der Waals surface area contributed by atoms with Crippen molar-refractivity contribution in [3.63, 3.8) is 0 Å². The molecular weight excluding hydrogens is 550 g/mol. The highest BCUT2D eigenvalue weighted by atomic mass is 32.3. The van der Waals surface area contributed by atoms with Crippen LogP contribution in [0.5, 0.6) is 0 Å². The fraction of sp³-hybridized carbons (Fsp3) is 1.00. The fourth-order valence-electron chi connectivity index (χ4n) is 3.86. The number of nitrogens with zero attached hydrogens (tertiary/aromatic N) is 2. The smallest absolute Gasteiger partial charge is 0.421 e. The Labute approximate surface area is 204 Å². The van der Waals surface area contributed by atoms with Crippen molar-refractivity contribution in [2.75, 3.05) is 47.5 Å². The molecule has 1 aliphatic rings. The Morgan fingerprint density at radius 1 is 0.829 bits per heavy atom. The first kappa shape index (κ1) is 34.5. The van der Waals surface area contributed by atoms with Crippen molar-refractivity contribution in [3.05, 3.63) is 4.13 Å². The predicted molar refractivity (Wildman–Crippen MR) is 118 cm³/mol. The lowest BCUT2D eigenvalue weighted by atomic mass is 10.0. The first-order valence-electron chi connectivity index (χ1n) is 10.6. The van der Waals surface area contributed by atoms with Crippen molar-refractivity contribution in [1.29, 1.82) is 0 Å². The van der Waals surface area contributed by atoms with Gasteiger partial charge < -0.3 is 21.9 Å². The van der Waals surface area contributed by atoms with Crippen LogP contribution in [0.4, 0.5) is 26.3 Å². The van der Waals surface area contributed by atoms with Gasteiger partial charge in [-0.1, -0.05) is 13.8 Å². The van der Waals surface area contributed by atoms with Crippen LogP contribution in [0.3, 0.4) is 0 Å². The Hall–Kier alpha value is -0.503. The minimum absolute atomic E-state index is 0.766. The van der Waals surface area contributed by atoms with Crippen LogP contribution in [-0.4, -0.2) is 88.6 Å². The molecule has 0 aromatic carbocycles. The number of likely N-dealkylation sites (tertiary alicyclic amines) is 1. The summed E-state index contributed by atoms with van der Waals surface area (Å²) in [6.07, 6.45) is 5.31. The Morgan fingerprint density at radius 3 is 1.54 bits per heavy atom. The third kappa shape index (κ3) is 10.8. The van der Waals surface area contributed by atoms with Crippen LogP contribution in [0.25, 0.3) is 4.13 Å². The van der Waals surface area contributed by atoms with Gasteiger partial charge in [0.2, 0.25) is 0 Å². The molecule has 18 heteroatoms. The number of piperidine rings is 1. The van der Waals surface area contributed by atoms with Gasteiger partial charge in [0, 0.05) is 39.7 Å². The van der Waals surface area contributed by atoms with Gasteiger partial charge in [-0.25, -0.2) is 16.8 Å². The number of sulfonamides is 2. The average molecular weight is 585 g/mol. The summed E-state index contributed by atoms with van der Waals surface area (Å²) in [5.74, 6) is 0.766. The predicted octanol–water partition coefficient (Wildman–Crippen LogP) is 3.97. The molecule has 35 heavy (non-hydrogen) atoms. The fourth-order valence-corrected chi connectivity index (χ4v) is 7.27. The van der Waals surface area contributed by atoms with Gasteiger partial charge in [-0.2, -0.15) is 26.3 Å². The lowest BCUT2D eigenvalue weighted by molar-refractivity contribution is -0.935. The first-order chi connectivity index (χ1) is 15.7. The van der Waals surface area contributed by atoms with E-state index in [0.717, 1.165) is 22.5 Å². The van der Waals surface area contributed by atoms with Crippen LogP contribution < -0.4 is 0 Å². The zero-order chi connectivity index (χ0) is 27.8. The summed E-state index contributed by atoms with van der Waals surface area (Å²) in [4.78, 5) is 0. The van der Waals surface area contributed by atoms with E-state index in [1.807, 2.05) is 0 Å². The zero-order valence-electron chi connectivity index (χ0n) is 20.3. The van der Waals surface area contributed by atoms with E-state index in [4.69, 9.17) is 13.3 Å². The van der Waals surface area contributed by atoms with Crippen molar-refractivity contribution >= 4 is 28.9 Å². The van der Waals surface area contributed by atoms with Crippen molar-refractivity contribution in [1.82, 2.24) is 0 Å². The van der Waals surface area contributed by atoms with Gasteiger partial charge in [0.1, 0.15) is 0 Å². The van der Waals surface area contributed by atoms with E-state index in [9.17, 15) is 43.2 Å². The molecule has 0 atom stereocenters. The van der Waals surface area contributed by atoms with Gasteiger partial charge in [-0.05, 0) is 19.3 Å². The van der Waals surface area contributed by atoms with Crippen molar-refractivity contribution in [3.8, 4) is 0 Å². The first-order valence-corrected chi connectivity index (χ1v) is 15.4. The van der Waals surface area contributed by atoms with Gasteiger partial charge in [0.15, 0.2) is 20.0 Å². The largest absolute Gasteiger partial charge is 0.500 e. The molecule has 0 aliphatic carbocycles. The maximum atomic E-state index is 11.4. The van der Waals surface area contributed by atoms with Crippen molar-refractivity contribution in [2.45, 2.75) is 56.6 Å². The monoisotopic (exact) mass is 584 g/mol. The molecule has 0 spiro atoms. The van der Waals surface area contributed by atoms with Crippen LogP contribution in [0.2, 0.25) is 6.04 Å². The highest BCUT2D eigenvalue weighted by Crippen LogP contribution is 2.36. The Kier molecular flexibility index (Phi) is 13.1. The van der Waals surface area contributed by atoms with Crippen molar-refractivity contribution < 1.29 is 60.9 Å². The van der Waals surface area contributed by atoms with Crippen LogP contribution in [0.15, 0.2) is 0 Å². The lowest BCUT2D eigenvalue weighted by Crippen LogP contribution is -2.54. The normalized spacial score (nSPS) is 17.7. The molecule has 1 fully saturated rings. The molecule has 0 aromatic heterocycles. The second kappa shape index (κ2) is 13.3. The number of quaternary nitrogens is 1. The Balaban J connectivity index is 0.000000691. The van der Waals surface area contributed by atoms with E-state index >= 15 is 0 Å². The van der Waals surface area contributed by atoms with Crippen LogP contribution in [0, 0.1) is 5.92 Å². The van der Waals surface area contributed by atoms with Crippen LogP contribution in [0.1, 0.15) is 39.5 Å². The summed E-state index contributed by atoms with van der Waals surface area (Å²) in [5, 5.41) is 0. The number of hydrogen-bond acceptors (Lipinski definition) is 7. The van der Waals surface area contributed by atoms with Crippen molar-refractivity contribution in [2.24, 2.45) is 5.92 Å². The Morgan fingerprint density at radius 2 is 1.23 bits per heavy atom. The molecule has 1 saturated heterocycles. The number of hydrogen-bond donors (Lipinski definition) is 0. The average Bonchev–Trinajstić information content (AvgIpc) is 2.70. The summed E-state index contributed by atoms with van der Waals surface area (Å²) in [7, 11) is -10.7. The van der Waals surface area contributed by atoms with E-state index in [1.165, 1.54) is 49.9 Å². The SMILES string of the molecule is CO[Si](CCC[N+]1(CC(C)C)CCCCC1)(OC)OC.O=S(=O)([N-]S(=O)(=O)C(F)(F)F)C(F)(F)F. The standard InChI is InChI=1S/C15H34NO3Si.C2F6NO4S2/c1-15(2)14-16(10-7-6-8-11-16)12-9-13-20(17-3,18-4)19-5;3-1(4,5)14(10,11)9-15(12,13)2(6,7)8/h15H,6-14H2,1-5H3;/q+1;-1. The second-order valence-corrected chi connectivity index (χ2v) is 15.0. The van der Waals surface area contributed by atoms with Gasteiger partial charge in [0.05, 0.1) is 26.2 Å². The molecule has 0 aromatic rings. The second-order valence-electron chi connectivity index (χ2n) is 8.46. The van der Waals surface area contributed by atoms with E-state index in [-0.39, 0.29) is 0 Å². The summed E-state index contributed by atoms with van der Waals surface area (Å²) in [5.41, 5.74) is -12.4. The zero-order valence-corrected chi connectivity index (χ0v) is 22.9. The molecule has 1 rings (SSSR count). The highest BCUT2D eigenvalue weighted by Gasteiger charge is 2.47. The summed E-state index contributed by atoms with van der Waals surface area (Å²) < 4.78 is 127. The Bertz CT molecular complexity index is 792. The summed E-state index contributed by atoms with van der Waals surface area (Å²) >= 11 is 0. The molecule has 0 N–H and O–H groups in total. The molecule has 9 nitrogen and oxygen atoms in total. The van der Waals surface area contributed by atoms with Gasteiger partial charge in [-0.3, -0.25) is 0 Å². The maximum Gasteiger partial charge on any atom is 0.500 e. The molecule has 0 unspecified atom stereocenters. The molecule has 0 amide bonds. The van der Waals surface area contributed by atoms with Gasteiger partial charge >= 0.3 is 19.8 Å². The quantitative estimate of drug-likeness (QED) is 0.205. The highest BCUT2D eigenvalue weighted by molar-refractivity contribution is 8.13. The number of alkyl halides is 6. The topological polar surface area (TPSA) is 110 Å². The number of rotatable bonds is 11. The maximum absolute atomic E-state index is 11.4. The number of halogens is 6. The lowest BCUT2D eigenvalue weighted by Gasteiger charge is -2.43. The molecule has 1 heterocycles. The van der Waals surface area contributed by atoms with Gasteiger partial charge in [0.25, 0.3) is 0 Å². The molecule has 0 saturated carbocycles. The van der Waals surface area contributed by atoms with E-state index < -0.39 is 39.9 Å². The molecule has 1 aliphatic heterocycles. The minimum atomic E-state index is -6.72. The third-order valence-electron chi connectivity index (χ3n) is 5.35. The molecule has 212 valence electrons. The molecule has 0 radical (unpaired) electrons. The summed E-state index contributed by atoms with van der Waals surface area (Å²) in [6.45, 7) is 9.92. The van der Waals surface area contributed by atoms with Gasteiger partial charge in [-0.15, -0.1) is 0 Å². The van der Waals surface area contributed by atoms with Crippen LogP contribution >= 0.6 is 0 Å². The van der Waals surface area contributed by atoms with E-state index in [0.29, 0.717) is 0 Å².